The summed E-state index contributed by atoms with van der Waals surface area (Å²) in [5.74, 6) is 0.719. The van der Waals surface area contributed by atoms with Gasteiger partial charge < -0.3 is 44.8 Å². The number of piperidine rings is 1. The molecule has 3 unspecified atom stereocenters. The Morgan fingerprint density at radius 3 is 2.34 bits per heavy atom. The monoisotopic (exact) mass is 1140 g/mol. The second kappa shape index (κ2) is 22.3. The number of ether oxygens (including phenoxy) is 3. The van der Waals surface area contributed by atoms with Gasteiger partial charge in [0.1, 0.15) is 22.1 Å². The first-order valence-electron chi connectivity index (χ1n) is 29.3. The summed E-state index contributed by atoms with van der Waals surface area (Å²) < 4.78 is 63.4. The first-order chi connectivity index (χ1) is 39.4. The lowest BCUT2D eigenvalue weighted by Crippen LogP contribution is -2.98. The largest absolute Gasteiger partial charge is 0.629 e. The van der Waals surface area contributed by atoms with Gasteiger partial charge in [-0.25, -0.2) is 27.5 Å². The van der Waals surface area contributed by atoms with Crippen molar-refractivity contribution in [2.45, 2.75) is 151 Å². The third-order valence-corrected chi connectivity index (χ3v) is 20.1. The standard InChI is InChI=1S/C62H77FN10O8S/c1-37(2)46-9-7-8-10-48(46)53-36-71(35-40-13-17-47(39-11-12-39)59(67-40)79-5)23-24-72(53)44-30-62(31-44)28-42-14-15-43(29-62)73(42)41-16-18-49(54(25-41)81-55-27-50-51(63)34-66-56(50)68-60(55)80-6)58(74)69-82(77,78)45-26-52(70(4)76)57(65-33-45)64-32-38-19-21-61(3,75)22-20-38/h7-10,13,16-18,25-27,33-34,37-39,42-44,53,70,75H,11-12,14-15,19-24,28-32,35-36H2,1-6H3,(H,64,65)(H,66,68)(H,69,74)/t38?,42?,43?,44?,53-,61?,62?/m0/s1. The maximum Gasteiger partial charge on any atom is 0.268 e. The number of aromatic nitrogens is 4. The van der Waals surface area contributed by atoms with Gasteiger partial charge >= 0.3 is 0 Å². The number of hydroxylamine groups is 1. The summed E-state index contributed by atoms with van der Waals surface area (Å²) in [6.07, 6.45) is 13.9. The summed E-state index contributed by atoms with van der Waals surface area (Å²) in [4.78, 5) is 38.5. The lowest BCUT2D eigenvalue weighted by atomic mass is 9.58. The van der Waals surface area contributed by atoms with Gasteiger partial charge in [-0.2, -0.15) is 4.98 Å². The highest BCUT2D eigenvalue weighted by Crippen LogP contribution is 2.59. The van der Waals surface area contributed by atoms with Crippen LogP contribution in [-0.4, -0.2) is 120 Å². The van der Waals surface area contributed by atoms with Crippen LogP contribution in [0.4, 0.5) is 21.6 Å². The Bertz CT molecular complexity index is 3450. The fraction of sp³-hybridized carbons (Fsp3) is 0.516. The minimum atomic E-state index is -4.60. The molecule has 6 fully saturated rings. The molecular formula is C62H77FN10O8S. The summed E-state index contributed by atoms with van der Waals surface area (Å²) in [5.41, 5.74) is 5.58. The van der Waals surface area contributed by atoms with E-state index >= 15 is 4.39 Å². The Morgan fingerprint density at radius 2 is 1.63 bits per heavy atom. The van der Waals surface area contributed by atoms with Gasteiger partial charge in [-0.15, -0.1) is 0 Å². The molecule has 18 nitrogen and oxygen atoms in total. The van der Waals surface area contributed by atoms with Gasteiger partial charge in [-0.1, -0.05) is 44.2 Å². The average Bonchev–Trinajstić information content (AvgIpc) is 4.39. The molecule has 1 amide bonds. The Balaban J connectivity index is 0.778. The van der Waals surface area contributed by atoms with Gasteiger partial charge in [0, 0.05) is 92.5 Å². The normalized spacial score (nSPS) is 26.2. The number of sulfonamides is 1. The van der Waals surface area contributed by atoms with E-state index in [-0.39, 0.29) is 79.8 Å². The third kappa shape index (κ3) is 11.3. The van der Waals surface area contributed by atoms with Gasteiger partial charge in [0.05, 0.1) is 49.7 Å². The predicted octanol–water partition coefficient (Wildman–Crippen LogP) is 9.26. The van der Waals surface area contributed by atoms with Gasteiger partial charge in [-0.05, 0) is 136 Å². The number of carbonyl (C=O) groups is 1. The molecule has 1 spiro atoms. The molecule has 5 N–H and O–H groups in total. The number of rotatable bonds is 18. The van der Waals surface area contributed by atoms with Crippen LogP contribution >= 0.6 is 0 Å². The molecule has 3 aliphatic heterocycles. The fourth-order valence-corrected chi connectivity index (χ4v) is 15.3. The lowest BCUT2D eigenvalue weighted by molar-refractivity contribution is -0.751. The van der Waals surface area contributed by atoms with Crippen molar-refractivity contribution in [2.75, 3.05) is 57.7 Å². The van der Waals surface area contributed by atoms with Crippen molar-refractivity contribution < 1.29 is 42.0 Å². The van der Waals surface area contributed by atoms with E-state index in [2.05, 4.69) is 89.9 Å². The number of anilines is 2. The number of methoxy groups -OCH3 is 2. The second-order valence-electron chi connectivity index (χ2n) is 24.9. The number of nitrogens with zero attached hydrogens (tertiary/aromatic N) is 6. The van der Waals surface area contributed by atoms with Crippen LogP contribution < -0.4 is 34.2 Å². The number of nitrogens with one attached hydrogen (secondary N) is 4. The van der Waals surface area contributed by atoms with Crippen molar-refractivity contribution in [3.63, 3.8) is 0 Å². The van der Waals surface area contributed by atoms with Crippen molar-refractivity contribution in [3.05, 3.63) is 118 Å². The summed E-state index contributed by atoms with van der Waals surface area (Å²) in [5, 5.41) is 26.3. The van der Waals surface area contributed by atoms with Crippen molar-refractivity contribution in [1.82, 2.24) is 34.5 Å². The SMILES string of the molecule is COc1nc2[nH]cc(F)c2cc1Oc1cc(N2C3CCC2CC2(C3)CC(N3CCN(Cc4ccc(C5CC5)c(OC)n4)C[C@H]3c3ccccc3C(C)C)C2)ccc1C(=O)NS(=O)(=O)c1cnc(NCC2CCC(C)(O)CC2)c([NH+](C)[O-])c1. The molecule has 82 heavy (non-hydrogen) atoms. The topological polar surface area (TPSA) is 215 Å². The second-order valence-corrected chi connectivity index (χ2v) is 26.6. The number of fused-ring (bicyclic) bond motifs is 3. The number of hydrogen-bond donors (Lipinski definition) is 5. The number of quaternary nitrogens is 1. The van der Waals surface area contributed by atoms with Crippen molar-refractivity contribution in [1.29, 1.82) is 0 Å². The number of piperazine rings is 1. The van der Waals surface area contributed by atoms with Gasteiger partial charge in [0.25, 0.3) is 21.8 Å². The maximum atomic E-state index is 15.1. The zero-order chi connectivity index (χ0) is 57.2. The lowest BCUT2D eigenvalue weighted by Gasteiger charge is -2.60. The smallest absolute Gasteiger partial charge is 0.268 e. The highest BCUT2D eigenvalue weighted by atomic mass is 32.2. The number of hydrogen-bond acceptors (Lipinski definition) is 15. The Hall–Kier alpha value is -6.42. The molecule has 3 aliphatic carbocycles. The molecule has 0 radical (unpaired) electrons. The van der Waals surface area contributed by atoms with Gasteiger partial charge in [0.2, 0.25) is 5.88 Å². The van der Waals surface area contributed by atoms with E-state index < -0.39 is 32.4 Å². The van der Waals surface area contributed by atoms with Crippen molar-refractivity contribution >= 4 is 44.2 Å². The number of carbonyl (C=O) groups excluding carboxylic acids is 1. The van der Waals surface area contributed by atoms with Gasteiger partial charge in [0.15, 0.2) is 17.3 Å². The average molecular weight is 1140 g/mol. The zero-order valence-electron chi connectivity index (χ0n) is 47.8. The molecule has 4 atom stereocenters. The van der Waals surface area contributed by atoms with E-state index in [0.717, 1.165) is 101 Å². The molecule has 20 heteroatoms. The number of halogens is 1. The Morgan fingerprint density at radius 1 is 0.902 bits per heavy atom. The van der Waals surface area contributed by atoms with Crippen LogP contribution in [0.2, 0.25) is 0 Å². The molecule has 6 aromatic rings. The molecular weight excluding hydrogens is 1060 g/mol. The first kappa shape index (κ1) is 56.1. The van der Waals surface area contributed by atoms with Crippen LogP contribution in [0, 0.1) is 22.4 Å². The highest BCUT2D eigenvalue weighted by molar-refractivity contribution is 7.90. The Labute approximate surface area is 479 Å². The van der Waals surface area contributed by atoms with E-state index in [0.29, 0.717) is 37.3 Å². The third-order valence-electron chi connectivity index (χ3n) is 18.8. The molecule has 4 aromatic heterocycles. The van der Waals surface area contributed by atoms with Crippen LogP contribution in [0.5, 0.6) is 23.3 Å². The molecule has 436 valence electrons. The van der Waals surface area contributed by atoms with Crippen LogP contribution in [0.3, 0.4) is 0 Å². The Kier molecular flexibility index (Phi) is 15.2. The summed E-state index contributed by atoms with van der Waals surface area (Å²) in [7, 11) is -0.137. The number of aliphatic hydroxyl groups is 1. The van der Waals surface area contributed by atoms with Crippen LogP contribution in [0.25, 0.3) is 11.0 Å². The van der Waals surface area contributed by atoms with E-state index in [4.69, 9.17) is 19.2 Å². The maximum absolute atomic E-state index is 15.1. The van der Waals surface area contributed by atoms with E-state index in [1.165, 1.54) is 62.0 Å². The fourth-order valence-electron chi connectivity index (χ4n) is 14.3. The molecule has 6 aliphatic rings. The molecule has 2 bridgehead atoms. The quantitative estimate of drug-likeness (QED) is 0.0507. The molecule has 12 rings (SSSR count). The minimum absolute atomic E-state index is 0.0207. The number of amides is 1. The number of benzene rings is 2. The van der Waals surface area contributed by atoms with Gasteiger partial charge in [-0.3, -0.25) is 14.6 Å². The van der Waals surface area contributed by atoms with E-state index in [1.807, 2.05) is 13.0 Å². The van der Waals surface area contributed by atoms with E-state index in [1.54, 1.807) is 19.2 Å². The molecule has 2 aromatic carbocycles. The predicted molar refractivity (Wildman–Crippen MR) is 311 cm³/mol. The minimum Gasteiger partial charge on any atom is -0.629 e. The summed E-state index contributed by atoms with van der Waals surface area (Å²) in [6.45, 7) is 10.5. The summed E-state index contributed by atoms with van der Waals surface area (Å²) in [6, 6.07) is 22.4. The zero-order valence-corrected chi connectivity index (χ0v) is 48.7. The number of H-pyrrole nitrogens is 1. The van der Waals surface area contributed by atoms with E-state index in [9.17, 15) is 23.5 Å². The van der Waals surface area contributed by atoms with Crippen molar-refractivity contribution in [2.24, 2.45) is 11.3 Å². The first-order valence-corrected chi connectivity index (χ1v) is 30.8. The van der Waals surface area contributed by atoms with Crippen LogP contribution in [0.15, 0.2) is 84.0 Å². The van der Waals surface area contributed by atoms with Crippen LogP contribution in [-0.2, 0) is 16.6 Å². The molecule has 3 saturated heterocycles. The molecule has 3 saturated carbocycles. The number of aromatic amines is 1. The number of pyridine rings is 3. The van der Waals surface area contributed by atoms with Crippen LogP contribution in [0.1, 0.15) is 148 Å². The summed E-state index contributed by atoms with van der Waals surface area (Å²) >= 11 is 0. The van der Waals surface area contributed by atoms with Crippen molar-refractivity contribution in [3.8, 4) is 23.3 Å². The molecule has 7 heterocycles. The highest BCUT2D eigenvalue weighted by Gasteiger charge is 2.56.